The van der Waals surface area contributed by atoms with Gasteiger partial charge in [0.25, 0.3) is 0 Å². The fourth-order valence-electron chi connectivity index (χ4n) is 2.95. The summed E-state index contributed by atoms with van der Waals surface area (Å²) >= 11 is 0. The molecule has 0 saturated heterocycles. The Kier molecular flexibility index (Phi) is 6.20. The second-order valence-corrected chi connectivity index (χ2v) is 6.29. The normalized spacial score (nSPS) is 11.7. The van der Waals surface area contributed by atoms with Crippen molar-refractivity contribution in [3.8, 4) is 0 Å². The fourth-order valence-corrected chi connectivity index (χ4v) is 2.95. The van der Waals surface area contributed by atoms with E-state index in [1.807, 2.05) is 30.3 Å². The zero-order valence-electron chi connectivity index (χ0n) is 16.1. The molecule has 3 rings (SSSR count). The van der Waals surface area contributed by atoms with Crippen LogP contribution in [-0.2, 0) is 0 Å². The van der Waals surface area contributed by atoms with Gasteiger partial charge in [-0.15, -0.1) is 5.10 Å². The maximum atomic E-state index is 4.52. The summed E-state index contributed by atoms with van der Waals surface area (Å²) in [5.41, 5.74) is 3.33. The maximum Gasteiger partial charge on any atom is 0.249 e. The van der Waals surface area contributed by atoms with Crippen LogP contribution >= 0.6 is 0 Å². The van der Waals surface area contributed by atoms with Crippen molar-refractivity contribution < 1.29 is 0 Å². The van der Waals surface area contributed by atoms with E-state index in [2.05, 4.69) is 75.8 Å². The van der Waals surface area contributed by atoms with Crippen LogP contribution in [0.5, 0.6) is 0 Å². The fraction of sp³-hybridized carbons (Fsp3) is 0.286. The highest BCUT2D eigenvalue weighted by Gasteiger charge is 2.08. The molecule has 0 aliphatic carbocycles. The zero-order chi connectivity index (χ0) is 19.1. The van der Waals surface area contributed by atoms with Crippen LogP contribution in [0.1, 0.15) is 32.4 Å². The van der Waals surface area contributed by atoms with Crippen LogP contribution in [0.3, 0.4) is 0 Å². The molecule has 1 unspecified atom stereocenters. The van der Waals surface area contributed by atoms with Crippen LogP contribution in [0.15, 0.2) is 60.8 Å². The smallest absolute Gasteiger partial charge is 0.249 e. The van der Waals surface area contributed by atoms with Gasteiger partial charge in [0.1, 0.15) is 0 Å². The van der Waals surface area contributed by atoms with Gasteiger partial charge in [-0.1, -0.05) is 30.3 Å². The Morgan fingerprint density at radius 3 is 2.33 bits per heavy atom. The quantitative estimate of drug-likeness (QED) is 0.609. The topological polar surface area (TPSA) is 66.0 Å². The molecule has 0 radical (unpaired) electrons. The average molecular weight is 362 g/mol. The Morgan fingerprint density at radius 1 is 0.963 bits per heavy atom. The minimum atomic E-state index is 0.129. The first-order valence-corrected chi connectivity index (χ1v) is 9.32. The molecule has 1 aromatic heterocycles. The van der Waals surface area contributed by atoms with Crippen molar-refractivity contribution >= 4 is 23.1 Å². The molecule has 0 aliphatic heterocycles. The van der Waals surface area contributed by atoms with Crippen LogP contribution in [0, 0.1) is 0 Å². The molecule has 2 aromatic carbocycles. The average Bonchev–Trinajstić information content (AvgIpc) is 2.71. The lowest BCUT2D eigenvalue weighted by molar-refractivity contribution is 0.860. The van der Waals surface area contributed by atoms with Crippen molar-refractivity contribution in [1.29, 1.82) is 0 Å². The summed E-state index contributed by atoms with van der Waals surface area (Å²) in [6, 6.07) is 18.6. The van der Waals surface area contributed by atoms with Crippen LogP contribution in [0.4, 0.5) is 23.1 Å². The summed E-state index contributed by atoms with van der Waals surface area (Å²) in [6.07, 6.45) is 1.63. The SMILES string of the molecule is CCN(CC)c1ccc(Nc2nncc(NC(C)c3ccccc3)n2)cc1. The van der Waals surface area contributed by atoms with Crippen LogP contribution in [0.25, 0.3) is 0 Å². The number of benzene rings is 2. The summed E-state index contributed by atoms with van der Waals surface area (Å²) < 4.78 is 0. The van der Waals surface area contributed by atoms with E-state index in [-0.39, 0.29) is 6.04 Å². The van der Waals surface area contributed by atoms with E-state index in [1.54, 1.807) is 6.20 Å². The zero-order valence-corrected chi connectivity index (χ0v) is 16.1. The Hall–Kier alpha value is -3.15. The molecule has 27 heavy (non-hydrogen) atoms. The highest BCUT2D eigenvalue weighted by Crippen LogP contribution is 2.21. The Bertz CT molecular complexity index is 831. The summed E-state index contributed by atoms with van der Waals surface area (Å²) in [5.74, 6) is 1.15. The van der Waals surface area contributed by atoms with Crippen molar-refractivity contribution in [2.75, 3.05) is 28.6 Å². The van der Waals surface area contributed by atoms with Gasteiger partial charge < -0.3 is 15.5 Å². The molecule has 2 N–H and O–H groups in total. The number of rotatable bonds is 8. The van der Waals surface area contributed by atoms with Gasteiger partial charge in [0, 0.05) is 30.5 Å². The van der Waals surface area contributed by atoms with Crippen molar-refractivity contribution in [2.24, 2.45) is 0 Å². The van der Waals surface area contributed by atoms with Gasteiger partial charge in [-0.3, -0.25) is 0 Å². The van der Waals surface area contributed by atoms with E-state index >= 15 is 0 Å². The highest BCUT2D eigenvalue weighted by atomic mass is 15.3. The second kappa shape index (κ2) is 8.98. The van der Waals surface area contributed by atoms with Crippen LogP contribution in [0.2, 0.25) is 0 Å². The molecule has 140 valence electrons. The molecule has 0 spiro atoms. The Morgan fingerprint density at radius 2 is 1.67 bits per heavy atom. The molecule has 0 bridgehead atoms. The van der Waals surface area contributed by atoms with E-state index in [9.17, 15) is 0 Å². The van der Waals surface area contributed by atoms with Crippen molar-refractivity contribution in [3.63, 3.8) is 0 Å². The summed E-state index contributed by atoms with van der Waals surface area (Å²) in [5, 5.41) is 14.7. The van der Waals surface area contributed by atoms with Gasteiger partial charge in [-0.25, -0.2) is 0 Å². The first-order chi connectivity index (χ1) is 13.2. The summed E-state index contributed by atoms with van der Waals surface area (Å²) in [6.45, 7) is 8.39. The first-order valence-electron chi connectivity index (χ1n) is 9.32. The standard InChI is InChI=1S/C21H26N6/c1-4-27(5-2)19-13-11-18(12-14-19)24-21-25-20(15-22-26-21)23-16(3)17-9-7-6-8-10-17/h6-16H,4-5H2,1-3H3,(H2,23,24,25,26). The first kappa shape index (κ1) is 18.6. The lowest BCUT2D eigenvalue weighted by Crippen LogP contribution is -2.21. The number of nitrogens with one attached hydrogen (secondary N) is 2. The van der Waals surface area contributed by atoms with Gasteiger partial charge in [0.05, 0.1) is 6.20 Å². The molecule has 0 saturated carbocycles. The van der Waals surface area contributed by atoms with E-state index in [0.717, 1.165) is 18.8 Å². The lowest BCUT2D eigenvalue weighted by atomic mass is 10.1. The third kappa shape index (κ3) is 4.94. The maximum absolute atomic E-state index is 4.52. The molecular weight excluding hydrogens is 336 g/mol. The predicted molar refractivity (Wildman–Crippen MR) is 112 cm³/mol. The molecular formula is C21H26N6. The summed E-state index contributed by atoms with van der Waals surface area (Å²) in [4.78, 5) is 6.82. The van der Waals surface area contributed by atoms with E-state index in [0.29, 0.717) is 11.8 Å². The van der Waals surface area contributed by atoms with E-state index in [1.165, 1.54) is 11.3 Å². The molecule has 0 aliphatic rings. The van der Waals surface area contributed by atoms with Gasteiger partial charge in [-0.2, -0.15) is 10.1 Å². The van der Waals surface area contributed by atoms with Gasteiger partial charge in [-0.05, 0) is 50.6 Å². The van der Waals surface area contributed by atoms with E-state index in [4.69, 9.17) is 0 Å². The third-order valence-electron chi connectivity index (χ3n) is 4.47. The molecule has 0 fully saturated rings. The lowest BCUT2D eigenvalue weighted by Gasteiger charge is -2.21. The van der Waals surface area contributed by atoms with E-state index < -0.39 is 0 Å². The molecule has 1 atom stereocenters. The minimum Gasteiger partial charge on any atom is -0.372 e. The van der Waals surface area contributed by atoms with Crippen LogP contribution < -0.4 is 15.5 Å². The Labute approximate surface area is 160 Å². The summed E-state index contributed by atoms with van der Waals surface area (Å²) in [7, 11) is 0. The third-order valence-corrected chi connectivity index (χ3v) is 4.47. The molecule has 3 aromatic rings. The van der Waals surface area contributed by atoms with Crippen LogP contribution in [-0.4, -0.2) is 28.3 Å². The number of hydrogen-bond donors (Lipinski definition) is 2. The highest BCUT2D eigenvalue weighted by molar-refractivity contribution is 5.59. The number of hydrogen-bond acceptors (Lipinski definition) is 6. The van der Waals surface area contributed by atoms with Gasteiger partial charge in [0.15, 0.2) is 5.82 Å². The second-order valence-electron chi connectivity index (χ2n) is 6.29. The van der Waals surface area contributed by atoms with Gasteiger partial charge in [0.2, 0.25) is 5.95 Å². The van der Waals surface area contributed by atoms with Crippen molar-refractivity contribution in [3.05, 3.63) is 66.4 Å². The van der Waals surface area contributed by atoms with Crippen molar-refractivity contribution in [2.45, 2.75) is 26.8 Å². The minimum absolute atomic E-state index is 0.129. The monoisotopic (exact) mass is 362 g/mol. The predicted octanol–water partition coefficient (Wildman–Crippen LogP) is 4.63. The number of nitrogens with zero attached hydrogens (tertiary/aromatic N) is 4. The largest absolute Gasteiger partial charge is 0.372 e. The van der Waals surface area contributed by atoms with Crippen molar-refractivity contribution in [1.82, 2.24) is 15.2 Å². The Balaban J connectivity index is 1.67. The molecule has 1 heterocycles. The van der Waals surface area contributed by atoms with Gasteiger partial charge >= 0.3 is 0 Å². The number of aromatic nitrogens is 3. The molecule has 0 amide bonds. The number of anilines is 4. The molecule has 6 nitrogen and oxygen atoms in total. The molecule has 6 heteroatoms.